The van der Waals surface area contributed by atoms with E-state index in [-0.39, 0.29) is 22.4 Å². The third kappa shape index (κ3) is 3.88. The molecule has 142 valence electrons. The van der Waals surface area contributed by atoms with Gasteiger partial charge in [0.05, 0.1) is 11.6 Å². The van der Waals surface area contributed by atoms with Crippen LogP contribution in [0.3, 0.4) is 0 Å². The highest BCUT2D eigenvalue weighted by molar-refractivity contribution is 6.04. The summed E-state index contributed by atoms with van der Waals surface area (Å²) in [4.78, 5) is 33.1. The summed E-state index contributed by atoms with van der Waals surface area (Å²) in [7, 11) is 0. The number of hydrogen-bond donors (Lipinski definition) is 2. The van der Waals surface area contributed by atoms with Crippen LogP contribution in [0.2, 0.25) is 0 Å². The predicted octanol–water partition coefficient (Wildman–Crippen LogP) is 2.28. The number of hydrazone groups is 1. The Labute approximate surface area is 163 Å². The molecule has 0 spiro atoms. The lowest BCUT2D eigenvalue weighted by Crippen LogP contribution is -2.23. The second-order valence-electron chi connectivity index (χ2n) is 5.97. The van der Waals surface area contributed by atoms with Crippen molar-refractivity contribution < 1.29 is 9.18 Å². The fourth-order valence-corrected chi connectivity index (χ4v) is 2.61. The first-order valence-corrected chi connectivity index (χ1v) is 8.51. The summed E-state index contributed by atoms with van der Waals surface area (Å²) in [6, 6.07) is 14.7. The summed E-state index contributed by atoms with van der Waals surface area (Å²) >= 11 is 0. The van der Waals surface area contributed by atoms with Gasteiger partial charge in [0.25, 0.3) is 11.5 Å². The molecule has 0 unspecified atom stereocenters. The fraction of sp³-hybridized carbons (Fsp3) is 0. The van der Waals surface area contributed by atoms with Crippen molar-refractivity contribution in [2.75, 3.05) is 0 Å². The van der Waals surface area contributed by atoms with E-state index in [1.165, 1.54) is 36.7 Å². The van der Waals surface area contributed by atoms with E-state index >= 15 is 0 Å². The Kier molecular flexibility index (Phi) is 4.85. The minimum absolute atomic E-state index is 0.0431. The van der Waals surface area contributed by atoms with Crippen LogP contribution in [-0.2, 0) is 0 Å². The van der Waals surface area contributed by atoms with E-state index in [0.717, 1.165) is 5.56 Å². The topological polar surface area (TPSA) is 113 Å². The summed E-state index contributed by atoms with van der Waals surface area (Å²) in [5, 5.41) is 10.1. The standard InChI is InChI=1S/C20H13FN6O2/c21-14-8-6-12(7-9-14)10-23-26-20(29)17-15-11-22-18(13-4-2-1-3-5-13)24-16(15)19(28)27-25-17/h1-11H,(H,26,29)(H,27,28)/b23-10+. The molecule has 0 atom stereocenters. The van der Waals surface area contributed by atoms with Crippen molar-refractivity contribution in [1.29, 1.82) is 0 Å². The first kappa shape index (κ1) is 18.1. The Hall–Kier alpha value is -4.27. The molecule has 0 aliphatic heterocycles. The van der Waals surface area contributed by atoms with Gasteiger partial charge in [-0.25, -0.2) is 24.9 Å². The van der Waals surface area contributed by atoms with Crippen molar-refractivity contribution in [3.05, 3.63) is 88.2 Å². The molecule has 0 saturated heterocycles. The molecule has 29 heavy (non-hydrogen) atoms. The van der Waals surface area contributed by atoms with Crippen LogP contribution >= 0.6 is 0 Å². The van der Waals surface area contributed by atoms with E-state index in [0.29, 0.717) is 11.4 Å². The molecule has 4 rings (SSSR count). The highest BCUT2D eigenvalue weighted by Gasteiger charge is 2.16. The Morgan fingerprint density at radius 3 is 2.62 bits per heavy atom. The highest BCUT2D eigenvalue weighted by atomic mass is 19.1. The molecule has 2 aromatic carbocycles. The average Bonchev–Trinajstić information content (AvgIpc) is 2.76. The number of benzene rings is 2. The molecule has 9 heteroatoms. The van der Waals surface area contributed by atoms with Gasteiger partial charge >= 0.3 is 0 Å². The largest absolute Gasteiger partial charge is 0.292 e. The summed E-state index contributed by atoms with van der Waals surface area (Å²) in [6.07, 6.45) is 2.74. The molecule has 0 bridgehead atoms. The SMILES string of the molecule is O=C(N/N=C/c1ccc(F)cc1)c1n[nH]c(=O)c2nc(-c3ccccc3)ncc12. The van der Waals surface area contributed by atoms with Crippen LogP contribution in [0.5, 0.6) is 0 Å². The van der Waals surface area contributed by atoms with Crippen LogP contribution in [-0.4, -0.2) is 32.3 Å². The van der Waals surface area contributed by atoms with Gasteiger partial charge in [0.15, 0.2) is 11.5 Å². The Morgan fingerprint density at radius 1 is 1.10 bits per heavy atom. The van der Waals surface area contributed by atoms with Gasteiger partial charge < -0.3 is 0 Å². The average molecular weight is 388 g/mol. The first-order chi connectivity index (χ1) is 14.1. The molecule has 2 aromatic heterocycles. The summed E-state index contributed by atoms with van der Waals surface area (Å²) in [6.45, 7) is 0. The number of aromatic amines is 1. The van der Waals surface area contributed by atoms with E-state index in [9.17, 15) is 14.0 Å². The Balaban J connectivity index is 1.63. The Morgan fingerprint density at radius 2 is 1.86 bits per heavy atom. The minimum Gasteiger partial charge on any atom is -0.266 e. The van der Waals surface area contributed by atoms with Crippen molar-refractivity contribution in [3.63, 3.8) is 0 Å². The van der Waals surface area contributed by atoms with Crippen LogP contribution < -0.4 is 11.0 Å². The molecule has 0 radical (unpaired) electrons. The molecule has 0 saturated carbocycles. The number of rotatable bonds is 4. The number of H-pyrrole nitrogens is 1. The van der Waals surface area contributed by atoms with Gasteiger partial charge in [-0.3, -0.25) is 9.59 Å². The maximum absolute atomic E-state index is 12.9. The molecule has 8 nitrogen and oxygen atoms in total. The number of nitrogens with one attached hydrogen (secondary N) is 2. The van der Waals surface area contributed by atoms with Crippen LogP contribution in [0, 0.1) is 5.82 Å². The zero-order chi connectivity index (χ0) is 20.2. The van der Waals surface area contributed by atoms with Crippen molar-refractivity contribution in [2.45, 2.75) is 0 Å². The number of hydrogen-bond acceptors (Lipinski definition) is 6. The molecule has 2 heterocycles. The van der Waals surface area contributed by atoms with Gasteiger partial charge in [0, 0.05) is 11.8 Å². The zero-order valence-corrected chi connectivity index (χ0v) is 14.8. The normalized spacial score (nSPS) is 11.1. The van der Waals surface area contributed by atoms with E-state index < -0.39 is 11.5 Å². The molecule has 2 N–H and O–H groups in total. The van der Waals surface area contributed by atoms with E-state index in [2.05, 4.69) is 30.7 Å². The van der Waals surface area contributed by atoms with Crippen molar-refractivity contribution >= 4 is 23.0 Å². The summed E-state index contributed by atoms with van der Waals surface area (Å²) in [5.74, 6) is -0.666. The number of amides is 1. The number of carbonyl (C=O) groups is 1. The lowest BCUT2D eigenvalue weighted by Gasteiger charge is -2.05. The second-order valence-corrected chi connectivity index (χ2v) is 5.97. The lowest BCUT2D eigenvalue weighted by atomic mass is 10.2. The third-order valence-electron chi connectivity index (χ3n) is 4.02. The van der Waals surface area contributed by atoms with Gasteiger partial charge in [-0.05, 0) is 17.7 Å². The van der Waals surface area contributed by atoms with Crippen LogP contribution in [0.15, 0.2) is 70.7 Å². The smallest absolute Gasteiger partial charge is 0.266 e. The quantitative estimate of drug-likeness (QED) is 0.411. The number of halogens is 1. The number of fused-ring (bicyclic) bond motifs is 1. The monoisotopic (exact) mass is 388 g/mol. The molecule has 0 fully saturated rings. The minimum atomic E-state index is -0.652. The summed E-state index contributed by atoms with van der Waals surface area (Å²) < 4.78 is 12.9. The van der Waals surface area contributed by atoms with E-state index in [1.807, 2.05) is 30.3 Å². The van der Waals surface area contributed by atoms with Crippen molar-refractivity contribution in [1.82, 2.24) is 25.6 Å². The van der Waals surface area contributed by atoms with Gasteiger partial charge in [-0.1, -0.05) is 42.5 Å². The van der Waals surface area contributed by atoms with Gasteiger partial charge in [0.2, 0.25) is 0 Å². The van der Waals surface area contributed by atoms with Gasteiger partial charge in [-0.2, -0.15) is 10.2 Å². The maximum Gasteiger partial charge on any atom is 0.292 e. The van der Waals surface area contributed by atoms with Crippen LogP contribution in [0.25, 0.3) is 22.3 Å². The molecule has 0 aliphatic rings. The van der Waals surface area contributed by atoms with Gasteiger partial charge in [0.1, 0.15) is 11.3 Å². The number of nitrogens with zero attached hydrogens (tertiary/aromatic N) is 4. The highest BCUT2D eigenvalue weighted by Crippen LogP contribution is 2.17. The van der Waals surface area contributed by atoms with Crippen LogP contribution in [0.4, 0.5) is 4.39 Å². The number of carbonyl (C=O) groups excluding carboxylic acids is 1. The van der Waals surface area contributed by atoms with Crippen molar-refractivity contribution in [3.8, 4) is 11.4 Å². The predicted molar refractivity (Wildman–Crippen MR) is 105 cm³/mol. The van der Waals surface area contributed by atoms with Crippen molar-refractivity contribution in [2.24, 2.45) is 5.10 Å². The maximum atomic E-state index is 12.9. The first-order valence-electron chi connectivity index (χ1n) is 8.51. The van der Waals surface area contributed by atoms with Gasteiger partial charge in [-0.15, -0.1) is 0 Å². The molecular formula is C20H13FN6O2. The molecular weight excluding hydrogens is 375 g/mol. The molecule has 4 aromatic rings. The lowest BCUT2D eigenvalue weighted by molar-refractivity contribution is 0.0951. The zero-order valence-electron chi connectivity index (χ0n) is 14.8. The fourth-order valence-electron chi connectivity index (χ4n) is 2.61. The van der Waals surface area contributed by atoms with E-state index in [4.69, 9.17) is 0 Å². The Bertz CT molecular complexity index is 1270. The third-order valence-corrected chi connectivity index (χ3v) is 4.02. The second kappa shape index (κ2) is 7.77. The van der Waals surface area contributed by atoms with Crippen LogP contribution in [0.1, 0.15) is 16.1 Å². The number of aromatic nitrogens is 4. The molecule has 0 aliphatic carbocycles. The summed E-state index contributed by atoms with van der Waals surface area (Å²) in [5.41, 5.74) is 3.09. The molecule has 1 amide bonds. The van der Waals surface area contributed by atoms with E-state index in [1.54, 1.807) is 0 Å².